The second-order valence-corrected chi connectivity index (χ2v) is 5.01. The summed E-state index contributed by atoms with van der Waals surface area (Å²) >= 11 is 0. The van der Waals surface area contributed by atoms with E-state index in [4.69, 9.17) is 15.9 Å². The minimum absolute atomic E-state index is 0.0239. The minimum atomic E-state index is -0.692. The molecule has 0 aromatic heterocycles. The lowest BCUT2D eigenvalue weighted by atomic mass is 9.96. The topological polar surface area (TPSA) is 100 Å². The van der Waals surface area contributed by atoms with Crippen LogP contribution in [0, 0.1) is 5.41 Å². The number of benzene rings is 1. The van der Waals surface area contributed by atoms with Crippen LogP contribution < -0.4 is 21.1 Å². The Kier molecular flexibility index (Phi) is 4.12. The predicted octanol–water partition coefficient (Wildman–Crippen LogP) is 2.07. The third-order valence-corrected chi connectivity index (χ3v) is 3.65. The van der Waals surface area contributed by atoms with E-state index in [2.05, 4.69) is 10.6 Å². The van der Waals surface area contributed by atoms with Gasteiger partial charge in [0.25, 0.3) is 0 Å². The smallest absolute Gasteiger partial charge is 0.320 e. The van der Waals surface area contributed by atoms with E-state index in [1.54, 1.807) is 31.4 Å². The molecule has 2 amide bonds. The Hall–Kier alpha value is -2.24. The Balaban J connectivity index is 2.02. The quantitative estimate of drug-likeness (QED) is 0.500. The average Bonchev–Trinajstić information content (AvgIpc) is 2.88. The van der Waals surface area contributed by atoms with Crippen LogP contribution in [0.15, 0.2) is 24.3 Å². The molecule has 5 N–H and O–H groups in total. The van der Waals surface area contributed by atoms with Gasteiger partial charge in [-0.1, -0.05) is 18.9 Å². The van der Waals surface area contributed by atoms with E-state index in [0.717, 1.165) is 12.8 Å². The van der Waals surface area contributed by atoms with Crippen molar-refractivity contribution < 1.29 is 9.53 Å². The first-order chi connectivity index (χ1) is 9.55. The summed E-state index contributed by atoms with van der Waals surface area (Å²) in [6, 6.07) is 6.75. The molecule has 0 atom stereocenters. The zero-order valence-electron chi connectivity index (χ0n) is 11.5. The van der Waals surface area contributed by atoms with Gasteiger partial charge in [0.2, 0.25) is 0 Å². The third kappa shape index (κ3) is 3.01. The number of hydrogen-bond acceptors (Lipinski definition) is 3. The summed E-state index contributed by atoms with van der Waals surface area (Å²) in [7, 11) is 1.57. The van der Waals surface area contributed by atoms with Gasteiger partial charge >= 0.3 is 6.03 Å². The van der Waals surface area contributed by atoms with Gasteiger partial charge in [-0.25, -0.2) is 4.79 Å². The van der Waals surface area contributed by atoms with E-state index in [-0.39, 0.29) is 11.9 Å². The highest BCUT2D eigenvalue weighted by molar-refractivity contribution is 5.96. The number of methoxy groups -OCH3 is 1. The molecule has 1 aromatic carbocycles. The van der Waals surface area contributed by atoms with Crippen LogP contribution in [0.25, 0.3) is 0 Å². The average molecular weight is 276 g/mol. The van der Waals surface area contributed by atoms with E-state index in [1.807, 2.05) is 0 Å². The number of hydrogen-bond donors (Lipinski definition) is 4. The number of rotatable bonds is 4. The monoisotopic (exact) mass is 276 g/mol. The molecule has 1 aromatic rings. The van der Waals surface area contributed by atoms with Crippen molar-refractivity contribution in [2.75, 3.05) is 12.4 Å². The number of nitrogens with two attached hydrogens (primary N) is 1. The van der Waals surface area contributed by atoms with Crippen molar-refractivity contribution in [3.63, 3.8) is 0 Å². The lowest BCUT2D eigenvalue weighted by Crippen LogP contribution is -2.56. The molecule has 1 aliphatic rings. The van der Waals surface area contributed by atoms with Crippen LogP contribution in [0.1, 0.15) is 25.7 Å². The van der Waals surface area contributed by atoms with Crippen molar-refractivity contribution in [3.05, 3.63) is 24.3 Å². The van der Waals surface area contributed by atoms with E-state index >= 15 is 0 Å². The molecule has 0 aliphatic heterocycles. The first-order valence-corrected chi connectivity index (χ1v) is 6.63. The van der Waals surface area contributed by atoms with Crippen molar-refractivity contribution in [1.82, 2.24) is 5.32 Å². The lowest BCUT2D eigenvalue weighted by molar-refractivity contribution is 0.244. The summed E-state index contributed by atoms with van der Waals surface area (Å²) in [5.41, 5.74) is 5.59. The molecule has 2 rings (SSSR count). The second kappa shape index (κ2) is 5.81. The number of nitrogens with one attached hydrogen (secondary N) is 3. The van der Waals surface area contributed by atoms with Gasteiger partial charge in [0.05, 0.1) is 12.6 Å². The maximum absolute atomic E-state index is 12.1. The van der Waals surface area contributed by atoms with Crippen molar-refractivity contribution in [2.24, 2.45) is 5.73 Å². The zero-order valence-corrected chi connectivity index (χ0v) is 11.5. The van der Waals surface area contributed by atoms with Crippen LogP contribution >= 0.6 is 0 Å². The van der Waals surface area contributed by atoms with Gasteiger partial charge in [0.1, 0.15) is 11.6 Å². The van der Waals surface area contributed by atoms with Crippen LogP contribution in [0.5, 0.6) is 5.75 Å². The van der Waals surface area contributed by atoms with Gasteiger partial charge in [-0.3, -0.25) is 5.41 Å². The largest absolute Gasteiger partial charge is 0.497 e. The molecule has 1 saturated carbocycles. The number of carbonyl (C=O) groups excluding carboxylic acids is 1. The molecular weight excluding hydrogens is 256 g/mol. The van der Waals surface area contributed by atoms with Gasteiger partial charge in [0.15, 0.2) is 0 Å². The first-order valence-electron chi connectivity index (χ1n) is 6.63. The Morgan fingerprint density at radius 2 is 2.10 bits per heavy atom. The molecule has 0 spiro atoms. The maximum atomic E-state index is 12.1. The van der Waals surface area contributed by atoms with Crippen LogP contribution in [0.2, 0.25) is 0 Å². The fourth-order valence-electron chi connectivity index (χ4n) is 2.52. The number of ether oxygens (including phenoxy) is 1. The number of urea groups is 1. The summed E-state index contributed by atoms with van der Waals surface area (Å²) < 4.78 is 5.10. The molecule has 108 valence electrons. The summed E-state index contributed by atoms with van der Waals surface area (Å²) in [5.74, 6) is 0.695. The van der Waals surface area contributed by atoms with E-state index < -0.39 is 5.54 Å². The SMILES string of the molecule is COc1cccc(NC(=O)NC2(C(=N)N)CCCC2)c1. The molecule has 0 heterocycles. The van der Waals surface area contributed by atoms with Gasteiger partial charge < -0.3 is 21.1 Å². The number of amidine groups is 1. The van der Waals surface area contributed by atoms with Crippen LogP contribution in [0.3, 0.4) is 0 Å². The minimum Gasteiger partial charge on any atom is -0.497 e. The van der Waals surface area contributed by atoms with Crippen molar-refractivity contribution in [2.45, 2.75) is 31.2 Å². The number of carbonyl (C=O) groups is 1. The van der Waals surface area contributed by atoms with Gasteiger partial charge in [-0.05, 0) is 25.0 Å². The van der Waals surface area contributed by atoms with Gasteiger partial charge in [-0.15, -0.1) is 0 Å². The molecule has 0 radical (unpaired) electrons. The highest BCUT2D eigenvalue weighted by Crippen LogP contribution is 2.29. The molecule has 0 unspecified atom stereocenters. The summed E-state index contributed by atoms with van der Waals surface area (Å²) in [5, 5.41) is 13.3. The summed E-state index contributed by atoms with van der Waals surface area (Å²) in [4.78, 5) is 12.1. The molecule has 6 nitrogen and oxygen atoms in total. The van der Waals surface area contributed by atoms with Crippen LogP contribution in [-0.2, 0) is 0 Å². The number of anilines is 1. The normalized spacial score (nSPS) is 16.4. The molecule has 1 aliphatic carbocycles. The Morgan fingerprint density at radius 3 is 2.70 bits per heavy atom. The second-order valence-electron chi connectivity index (χ2n) is 5.01. The number of amides is 2. The summed E-state index contributed by atoms with van der Waals surface area (Å²) in [6.45, 7) is 0. The first kappa shape index (κ1) is 14.2. The molecule has 0 bridgehead atoms. The lowest BCUT2D eigenvalue weighted by Gasteiger charge is -2.28. The zero-order chi connectivity index (χ0) is 14.6. The fourth-order valence-corrected chi connectivity index (χ4v) is 2.52. The highest BCUT2D eigenvalue weighted by atomic mass is 16.5. The fraction of sp³-hybridized carbons (Fsp3) is 0.429. The molecule has 0 saturated heterocycles. The van der Waals surface area contributed by atoms with Crippen molar-refractivity contribution >= 4 is 17.6 Å². The van der Waals surface area contributed by atoms with Crippen molar-refractivity contribution in [3.8, 4) is 5.75 Å². The maximum Gasteiger partial charge on any atom is 0.320 e. The molecule has 6 heteroatoms. The third-order valence-electron chi connectivity index (χ3n) is 3.65. The Labute approximate surface area is 118 Å². The predicted molar refractivity (Wildman–Crippen MR) is 78.3 cm³/mol. The van der Waals surface area contributed by atoms with Crippen LogP contribution in [0.4, 0.5) is 10.5 Å². The van der Waals surface area contributed by atoms with Crippen LogP contribution in [-0.4, -0.2) is 24.5 Å². The molecular formula is C14H20N4O2. The Bertz CT molecular complexity index is 510. The Morgan fingerprint density at radius 1 is 1.40 bits per heavy atom. The van der Waals surface area contributed by atoms with Gasteiger partial charge in [-0.2, -0.15) is 0 Å². The summed E-state index contributed by atoms with van der Waals surface area (Å²) in [6.07, 6.45) is 3.37. The van der Waals surface area contributed by atoms with Gasteiger partial charge in [0, 0.05) is 11.8 Å². The van der Waals surface area contributed by atoms with E-state index in [0.29, 0.717) is 24.3 Å². The van der Waals surface area contributed by atoms with Crippen molar-refractivity contribution in [1.29, 1.82) is 5.41 Å². The molecule has 20 heavy (non-hydrogen) atoms. The standard InChI is InChI=1S/C14H20N4O2/c1-20-11-6-4-5-10(9-11)17-13(19)18-14(12(15)16)7-2-3-8-14/h4-6,9H,2-3,7-8H2,1H3,(H3,15,16)(H2,17,18,19). The van der Waals surface area contributed by atoms with E-state index in [1.165, 1.54) is 0 Å². The molecule has 1 fully saturated rings. The highest BCUT2D eigenvalue weighted by Gasteiger charge is 2.38. The van der Waals surface area contributed by atoms with E-state index in [9.17, 15) is 4.79 Å².